The van der Waals surface area contributed by atoms with Gasteiger partial charge in [0.2, 0.25) is 5.91 Å². The molecule has 1 saturated heterocycles. The SMILES string of the molecule is CCCCCCCCCCCCCCCCCCCCCCCCCC(=O)N[C@H](CCC1OC(CO)C(O)C(O)C1O)[C@H](O)[C@@H](O)CCCCCCCCCCCCCC. The molecule has 1 fully saturated rings. The third kappa shape index (κ3) is 30.3. The molecular formula is C51H101NO8. The lowest BCUT2D eigenvalue weighted by atomic mass is 9.90. The summed E-state index contributed by atoms with van der Waals surface area (Å²) in [5, 5.41) is 65.8. The fourth-order valence-electron chi connectivity index (χ4n) is 9.07. The van der Waals surface area contributed by atoms with Gasteiger partial charge in [-0.05, 0) is 25.7 Å². The monoisotopic (exact) mass is 856 g/mol. The van der Waals surface area contributed by atoms with E-state index in [2.05, 4.69) is 19.2 Å². The highest BCUT2D eigenvalue weighted by Crippen LogP contribution is 2.26. The summed E-state index contributed by atoms with van der Waals surface area (Å²) >= 11 is 0. The van der Waals surface area contributed by atoms with Crippen molar-refractivity contribution in [1.29, 1.82) is 0 Å². The molecular weight excluding hydrogens is 755 g/mol. The fourth-order valence-corrected chi connectivity index (χ4v) is 9.07. The van der Waals surface area contributed by atoms with Crippen molar-refractivity contribution in [3.8, 4) is 0 Å². The number of nitrogens with one attached hydrogen (secondary N) is 1. The lowest BCUT2D eigenvalue weighted by molar-refractivity contribution is -0.231. The Hall–Kier alpha value is -0.810. The molecule has 1 aliphatic heterocycles. The Bertz CT molecular complexity index is 924. The first-order valence-electron chi connectivity index (χ1n) is 26.2. The van der Waals surface area contributed by atoms with E-state index in [1.54, 1.807) is 0 Å². The summed E-state index contributed by atoms with van der Waals surface area (Å²) < 4.78 is 5.69. The predicted molar refractivity (Wildman–Crippen MR) is 249 cm³/mol. The molecule has 8 atom stereocenters. The largest absolute Gasteiger partial charge is 0.394 e. The number of aliphatic hydroxyl groups is 6. The quantitative estimate of drug-likeness (QED) is 0.0298. The van der Waals surface area contributed by atoms with Crippen molar-refractivity contribution >= 4 is 5.91 Å². The topological polar surface area (TPSA) is 160 Å². The maximum absolute atomic E-state index is 13.1. The molecule has 0 aromatic rings. The van der Waals surface area contributed by atoms with Crippen molar-refractivity contribution in [2.45, 2.75) is 313 Å². The highest BCUT2D eigenvalue weighted by molar-refractivity contribution is 5.76. The van der Waals surface area contributed by atoms with Crippen molar-refractivity contribution in [2.75, 3.05) is 6.61 Å². The smallest absolute Gasteiger partial charge is 0.220 e. The number of aliphatic hydroxyl groups excluding tert-OH is 6. The van der Waals surface area contributed by atoms with Crippen LogP contribution in [0.3, 0.4) is 0 Å². The predicted octanol–water partition coefficient (Wildman–Crippen LogP) is 11.3. The van der Waals surface area contributed by atoms with Gasteiger partial charge in [-0.2, -0.15) is 0 Å². The van der Waals surface area contributed by atoms with E-state index < -0.39 is 55.4 Å². The molecule has 0 spiro atoms. The Kier molecular flexibility index (Phi) is 39.0. The summed E-state index contributed by atoms with van der Waals surface area (Å²) in [6, 6.07) is -0.762. The van der Waals surface area contributed by atoms with Gasteiger partial charge in [-0.3, -0.25) is 4.79 Å². The minimum atomic E-state index is -1.48. The van der Waals surface area contributed by atoms with E-state index >= 15 is 0 Å². The second-order valence-electron chi connectivity index (χ2n) is 18.9. The first-order valence-corrected chi connectivity index (χ1v) is 26.2. The molecule has 0 aromatic carbocycles. The number of hydrogen-bond donors (Lipinski definition) is 7. The summed E-state index contributed by atoms with van der Waals surface area (Å²) in [6.07, 6.45) is 37.6. The van der Waals surface area contributed by atoms with Crippen LogP contribution in [-0.4, -0.2) is 91.9 Å². The molecule has 1 heterocycles. The minimum Gasteiger partial charge on any atom is -0.394 e. The van der Waals surface area contributed by atoms with Gasteiger partial charge in [0.15, 0.2) is 0 Å². The molecule has 0 saturated carbocycles. The van der Waals surface area contributed by atoms with E-state index in [0.717, 1.165) is 38.5 Å². The zero-order valence-corrected chi connectivity index (χ0v) is 39.4. The zero-order chi connectivity index (χ0) is 43.9. The minimum absolute atomic E-state index is 0.161. The highest BCUT2D eigenvalue weighted by atomic mass is 16.5. The van der Waals surface area contributed by atoms with Gasteiger partial charge in [-0.15, -0.1) is 0 Å². The third-order valence-corrected chi connectivity index (χ3v) is 13.3. The first kappa shape index (κ1) is 57.2. The van der Waals surface area contributed by atoms with Crippen molar-refractivity contribution in [2.24, 2.45) is 0 Å². The summed E-state index contributed by atoms with van der Waals surface area (Å²) in [6.45, 7) is 4.02. The van der Waals surface area contributed by atoms with Crippen LogP contribution in [0.5, 0.6) is 0 Å². The standard InChI is InChI=1S/C51H101NO8/c1-3-5-7-9-11-13-15-17-18-19-20-21-22-23-24-25-26-27-29-31-33-35-37-39-47(55)52-43(40-41-45-49(57)51(59)50(58)46(42-53)60-45)48(56)44(54)38-36-34-32-30-28-16-14-12-10-8-6-4-2/h43-46,48-51,53-54,56-59H,3-42H2,1-2H3,(H,52,55)/t43-,44+,45?,46?,48+,49?,50?,51?/m1/s1. The van der Waals surface area contributed by atoms with Gasteiger partial charge in [0.25, 0.3) is 0 Å². The Morgan fingerprint density at radius 1 is 0.467 bits per heavy atom. The average molecular weight is 856 g/mol. The Morgan fingerprint density at radius 2 is 0.800 bits per heavy atom. The van der Waals surface area contributed by atoms with E-state index in [9.17, 15) is 35.4 Å². The third-order valence-electron chi connectivity index (χ3n) is 13.3. The zero-order valence-electron chi connectivity index (χ0n) is 39.4. The number of ether oxygens (including phenoxy) is 1. The van der Waals surface area contributed by atoms with Crippen LogP contribution in [0.25, 0.3) is 0 Å². The summed E-state index contributed by atoms with van der Waals surface area (Å²) in [5.41, 5.74) is 0. The van der Waals surface area contributed by atoms with Crippen LogP contribution in [0.4, 0.5) is 0 Å². The van der Waals surface area contributed by atoms with E-state index in [1.165, 1.54) is 186 Å². The van der Waals surface area contributed by atoms with Crippen LogP contribution in [0.15, 0.2) is 0 Å². The Morgan fingerprint density at radius 3 is 1.17 bits per heavy atom. The second-order valence-corrected chi connectivity index (χ2v) is 18.9. The van der Waals surface area contributed by atoms with Gasteiger partial charge < -0.3 is 40.7 Å². The summed E-state index contributed by atoms with van der Waals surface area (Å²) in [4.78, 5) is 13.1. The maximum Gasteiger partial charge on any atom is 0.220 e. The molecule has 1 aliphatic rings. The molecule has 60 heavy (non-hydrogen) atoms. The molecule has 0 bridgehead atoms. The van der Waals surface area contributed by atoms with Crippen molar-refractivity contribution in [1.82, 2.24) is 5.32 Å². The van der Waals surface area contributed by atoms with Crippen LogP contribution in [0, 0.1) is 0 Å². The number of hydrogen-bond acceptors (Lipinski definition) is 8. The summed E-state index contributed by atoms with van der Waals surface area (Å²) in [5.74, 6) is -0.172. The second kappa shape index (κ2) is 40.9. The summed E-state index contributed by atoms with van der Waals surface area (Å²) in [7, 11) is 0. The van der Waals surface area contributed by atoms with Gasteiger partial charge in [0.05, 0.1) is 31.0 Å². The fraction of sp³-hybridized carbons (Fsp3) is 0.980. The van der Waals surface area contributed by atoms with E-state index in [1.807, 2.05) is 0 Å². The van der Waals surface area contributed by atoms with Gasteiger partial charge >= 0.3 is 0 Å². The lowest BCUT2D eigenvalue weighted by Gasteiger charge is -2.40. The normalized spacial score (nSPS) is 21.0. The van der Waals surface area contributed by atoms with Crippen LogP contribution >= 0.6 is 0 Å². The van der Waals surface area contributed by atoms with Gasteiger partial charge in [0.1, 0.15) is 24.4 Å². The van der Waals surface area contributed by atoms with Crippen LogP contribution in [0.2, 0.25) is 0 Å². The lowest BCUT2D eigenvalue weighted by Crippen LogP contribution is -2.59. The van der Waals surface area contributed by atoms with Crippen molar-refractivity contribution < 1.29 is 40.2 Å². The number of unbranched alkanes of at least 4 members (excludes halogenated alkanes) is 33. The Labute approximate surface area is 370 Å². The number of amides is 1. The van der Waals surface area contributed by atoms with Crippen LogP contribution < -0.4 is 5.32 Å². The van der Waals surface area contributed by atoms with Gasteiger partial charge in [-0.1, -0.05) is 232 Å². The first-order chi connectivity index (χ1) is 29.3. The van der Waals surface area contributed by atoms with Crippen LogP contribution in [0.1, 0.15) is 264 Å². The molecule has 1 rings (SSSR count). The molecule has 0 radical (unpaired) electrons. The van der Waals surface area contributed by atoms with E-state index in [4.69, 9.17) is 4.74 Å². The van der Waals surface area contributed by atoms with E-state index in [0.29, 0.717) is 12.8 Å². The maximum atomic E-state index is 13.1. The van der Waals surface area contributed by atoms with Crippen molar-refractivity contribution in [3.63, 3.8) is 0 Å². The van der Waals surface area contributed by atoms with E-state index in [-0.39, 0.29) is 18.7 Å². The Balaban J connectivity index is 2.26. The number of rotatable bonds is 44. The molecule has 5 unspecified atom stereocenters. The molecule has 7 N–H and O–H groups in total. The number of carbonyl (C=O) groups is 1. The molecule has 9 heteroatoms. The number of carbonyl (C=O) groups excluding carboxylic acids is 1. The molecule has 358 valence electrons. The molecule has 0 aliphatic carbocycles. The highest BCUT2D eigenvalue weighted by Gasteiger charge is 2.43. The van der Waals surface area contributed by atoms with Gasteiger partial charge in [0, 0.05) is 6.42 Å². The van der Waals surface area contributed by atoms with Crippen molar-refractivity contribution in [3.05, 3.63) is 0 Å². The van der Waals surface area contributed by atoms with Gasteiger partial charge in [-0.25, -0.2) is 0 Å². The molecule has 0 aromatic heterocycles. The molecule has 1 amide bonds. The average Bonchev–Trinajstić information content (AvgIpc) is 3.25. The molecule has 9 nitrogen and oxygen atoms in total. The van der Waals surface area contributed by atoms with Crippen LogP contribution in [-0.2, 0) is 9.53 Å².